The molecule has 0 atom stereocenters. The summed E-state index contributed by atoms with van der Waals surface area (Å²) in [6, 6.07) is 3.48. The largest absolute Gasteiger partial charge is 0.388 e. The van der Waals surface area contributed by atoms with Gasteiger partial charge in [-0.15, -0.1) is 11.3 Å². The lowest BCUT2D eigenvalue weighted by Gasteiger charge is -2.25. The van der Waals surface area contributed by atoms with E-state index in [-0.39, 0.29) is 12.5 Å². The molecule has 1 amide bonds. The van der Waals surface area contributed by atoms with Crippen molar-refractivity contribution < 1.29 is 18.7 Å². The molecule has 23 heavy (non-hydrogen) atoms. The summed E-state index contributed by atoms with van der Waals surface area (Å²) in [5.41, 5.74) is -0.518. The molecule has 0 bridgehead atoms. The molecule has 0 aliphatic carbocycles. The molecule has 0 fully saturated rings. The van der Waals surface area contributed by atoms with Gasteiger partial charge in [-0.3, -0.25) is 4.79 Å². The minimum Gasteiger partial charge on any atom is -0.388 e. The smallest absolute Gasteiger partial charge is 0.263 e. The molecule has 2 aromatic rings. The highest BCUT2D eigenvalue weighted by atomic mass is 32.1. The summed E-state index contributed by atoms with van der Waals surface area (Å²) in [6.45, 7) is 3.85. The molecular weight excluding hydrogens is 322 g/mol. The Hall–Kier alpha value is -1.86. The standard InChI is InChI=1S/C16H18F2N2O2S/c1-3-16(22,4-2)9-20-14(21)13-8-19-15(23-13)10-5-6-11(17)12(18)7-10/h5-8,22H,3-4,9H2,1-2H3,(H,20,21). The molecule has 0 saturated carbocycles. The Kier molecular flexibility index (Phi) is 5.43. The van der Waals surface area contributed by atoms with Crippen LogP contribution in [-0.4, -0.2) is 28.1 Å². The highest BCUT2D eigenvalue weighted by Gasteiger charge is 2.23. The number of halogens is 2. The van der Waals surface area contributed by atoms with Gasteiger partial charge in [-0.25, -0.2) is 13.8 Å². The van der Waals surface area contributed by atoms with Crippen LogP contribution < -0.4 is 5.32 Å². The Morgan fingerprint density at radius 3 is 2.61 bits per heavy atom. The van der Waals surface area contributed by atoms with Crippen LogP contribution in [0.25, 0.3) is 10.6 Å². The molecule has 1 heterocycles. The maximum Gasteiger partial charge on any atom is 0.263 e. The predicted octanol–water partition coefficient (Wildman–Crippen LogP) is 3.37. The van der Waals surface area contributed by atoms with Crippen molar-refractivity contribution in [3.8, 4) is 10.6 Å². The zero-order chi connectivity index (χ0) is 17.0. The molecular formula is C16H18F2N2O2S. The molecule has 1 aromatic carbocycles. The molecule has 4 nitrogen and oxygen atoms in total. The van der Waals surface area contributed by atoms with Crippen molar-refractivity contribution in [2.45, 2.75) is 32.3 Å². The van der Waals surface area contributed by atoms with Gasteiger partial charge in [0, 0.05) is 12.1 Å². The van der Waals surface area contributed by atoms with Crippen molar-refractivity contribution in [1.82, 2.24) is 10.3 Å². The highest BCUT2D eigenvalue weighted by Crippen LogP contribution is 2.26. The van der Waals surface area contributed by atoms with Gasteiger partial charge < -0.3 is 10.4 Å². The molecule has 7 heteroatoms. The summed E-state index contributed by atoms with van der Waals surface area (Å²) in [5, 5.41) is 13.3. The summed E-state index contributed by atoms with van der Waals surface area (Å²) in [4.78, 5) is 16.5. The van der Waals surface area contributed by atoms with Crippen molar-refractivity contribution in [1.29, 1.82) is 0 Å². The fourth-order valence-electron chi connectivity index (χ4n) is 1.97. The van der Waals surface area contributed by atoms with Gasteiger partial charge in [-0.2, -0.15) is 0 Å². The van der Waals surface area contributed by atoms with E-state index >= 15 is 0 Å². The summed E-state index contributed by atoms with van der Waals surface area (Å²) in [7, 11) is 0. The Balaban J connectivity index is 2.09. The quantitative estimate of drug-likeness (QED) is 0.847. The topological polar surface area (TPSA) is 62.2 Å². The van der Waals surface area contributed by atoms with E-state index in [1.54, 1.807) is 0 Å². The van der Waals surface area contributed by atoms with Gasteiger partial charge in [-0.1, -0.05) is 13.8 Å². The van der Waals surface area contributed by atoms with E-state index in [9.17, 15) is 18.7 Å². The number of carbonyl (C=O) groups excluding carboxylic acids is 1. The first-order chi connectivity index (χ1) is 10.9. The van der Waals surface area contributed by atoms with E-state index in [2.05, 4.69) is 10.3 Å². The number of hydrogen-bond acceptors (Lipinski definition) is 4. The zero-order valence-corrected chi connectivity index (χ0v) is 13.7. The molecule has 2 N–H and O–H groups in total. The number of rotatable bonds is 6. The molecule has 0 aliphatic heterocycles. The van der Waals surface area contributed by atoms with Crippen LogP contribution in [0.2, 0.25) is 0 Å². The minimum absolute atomic E-state index is 0.150. The number of hydrogen-bond donors (Lipinski definition) is 2. The summed E-state index contributed by atoms with van der Waals surface area (Å²) >= 11 is 1.08. The second-order valence-corrected chi connectivity index (χ2v) is 6.30. The van der Waals surface area contributed by atoms with Gasteiger partial charge in [0.2, 0.25) is 0 Å². The molecule has 2 rings (SSSR count). The van der Waals surface area contributed by atoms with Crippen LogP contribution in [0.4, 0.5) is 8.78 Å². The maximum absolute atomic E-state index is 13.3. The molecule has 0 radical (unpaired) electrons. The Morgan fingerprint density at radius 2 is 2.00 bits per heavy atom. The number of thiazole rings is 1. The number of aromatic nitrogens is 1. The van der Waals surface area contributed by atoms with E-state index in [0.717, 1.165) is 23.5 Å². The third-order valence-electron chi connectivity index (χ3n) is 3.79. The van der Waals surface area contributed by atoms with Crippen molar-refractivity contribution in [3.05, 3.63) is 40.9 Å². The van der Waals surface area contributed by atoms with Crippen molar-refractivity contribution >= 4 is 17.2 Å². The van der Waals surface area contributed by atoms with Gasteiger partial charge in [0.25, 0.3) is 5.91 Å². The predicted molar refractivity (Wildman–Crippen MR) is 85.3 cm³/mol. The van der Waals surface area contributed by atoms with Crippen LogP contribution in [0, 0.1) is 11.6 Å². The third kappa shape index (κ3) is 4.11. The Morgan fingerprint density at radius 1 is 1.30 bits per heavy atom. The average molecular weight is 340 g/mol. The van der Waals surface area contributed by atoms with Crippen molar-refractivity contribution in [2.75, 3.05) is 6.54 Å². The lowest BCUT2D eigenvalue weighted by Crippen LogP contribution is -2.41. The number of aliphatic hydroxyl groups is 1. The van der Waals surface area contributed by atoms with Gasteiger partial charge in [0.15, 0.2) is 11.6 Å². The SMILES string of the molecule is CCC(O)(CC)CNC(=O)c1cnc(-c2ccc(F)c(F)c2)s1. The number of amides is 1. The van der Waals surface area contributed by atoms with Crippen LogP contribution in [0.15, 0.2) is 24.4 Å². The number of nitrogens with one attached hydrogen (secondary N) is 1. The molecule has 124 valence electrons. The molecule has 0 unspecified atom stereocenters. The first-order valence-corrected chi connectivity index (χ1v) is 8.12. The number of carbonyl (C=O) groups is 1. The van der Waals surface area contributed by atoms with Gasteiger partial charge in [0.1, 0.15) is 9.88 Å². The fourth-order valence-corrected chi connectivity index (χ4v) is 2.80. The molecule has 0 spiro atoms. The Bertz CT molecular complexity index is 699. The van der Waals surface area contributed by atoms with Gasteiger partial charge in [-0.05, 0) is 31.0 Å². The van der Waals surface area contributed by atoms with Gasteiger partial charge >= 0.3 is 0 Å². The summed E-state index contributed by atoms with van der Waals surface area (Å²) in [6.07, 6.45) is 2.45. The van der Waals surface area contributed by atoms with Crippen LogP contribution in [0.1, 0.15) is 36.4 Å². The van der Waals surface area contributed by atoms with Crippen LogP contribution in [-0.2, 0) is 0 Å². The lowest BCUT2D eigenvalue weighted by atomic mass is 9.98. The number of nitrogens with zero attached hydrogens (tertiary/aromatic N) is 1. The minimum atomic E-state index is -0.959. The summed E-state index contributed by atoms with van der Waals surface area (Å²) in [5.74, 6) is -2.24. The van der Waals surface area contributed by atoms with Crippen LogP contribution in [0.5, 0.6) is 0 Å². The van der Waals surface area contributed by atoms with Crippen molar-refractivity contribution in [2.24, 2.45) is 0 Å². The van der Waals surface area contributed by atoms with E-state index < -0.39 is 17.2 Å². The van der Waals surface area contributed by atoms with E-state index in [0.29, 0.717) is 28.3 Å². The highest BCUT2D eigenvalue weighted by molar-refractivity contribution is 7.16. The van der Waals surface area contributed by atoms with Gasteiger partial charge in [0.05, 0.1) is 11.8 Å². The van der Waals surface area contributed by atoms with Crippen LogP contribution in [0.3, 0.4) is 0 Å². The number of benzene rings is 1. The molecule has 0 aliphatic rings. The van der Waals surface area contributed by atoms with E-state index in [1.807, 2.05) is 13.8 Å². The van der Waals surface area contributed by atoms with E-state index in [4.69, 9.17) is 0 Å². The average Bonchev–Trinajstić information content (AvgIpc) is 3.05. The zero-order valence-electron chi connectivity index (χ0n) is 12.9. The van der Waals surface area contributed by atoms with Crippen LogP contribution >= 0.6 is 11.3 Å². The first-order valence-electron chi connectivity index (χ1n) is 7.30. The third-order valence-corrected chi connectivity index (χ3v) is 4.84. The lowest BCUT2D eigenvalue weighted by molar-refractivity contribution is 0.0314. The second kappa shape index (κ2) is 7.14. The normalized spacial score (nSPS) is 11.5. The Labute approximate surface area is 137 Å². The van der Waals surface area contributed by atoms with E-state index in [1.165, 1.54) is 12.3 Å². The fraction of sp³-hybridized carbons (Fsp3) is 0.375. The second-order valence-electron chi connectivity index (χ2n) is 5.27. The van der Waals surface area contributed by atoms with Crippen molar-refractivity contribution in [3.63, 3.8) is 0 Å². The molecule has 0 saturated heterocycles. The first kappa shape index (κ1) is 17.5. The monoisotopic (exact) mass is 340 g/mol. The molecule has 1 aromatic heterocycles. The maximum atomic E-state index is 13.3. The summed E-state index contributed by atoms with van der Waals surface area (Å²) < 4.78 is 26.2.